The highest BCUT2D eigenvalue weighted by atomic mass is 32.2. The summed E-state index contributed by atoms with van der Waals surface area (Å²) < 4.78 is 93.9. The number of thiophene rings is 1. The van der Waals surface area contributed by atoms with Gasteiger partial charge >= 0.3 is 18.3 Å². The van der Waals surface area contributed by atoms with Gasteiger partial charge < -0.3 is 19.3 Å². The van der Waals surface area contributed by atoms with E-state index in [-0.39, 0.29) is 48.6 Å². The molecule has 1 aromatic carbocycles. The lowest BCUT2D eigenvalue weighted by Crippen LogP contribution is -2.49. The summed E-state index contributed by atoms with van der Waals surface area (Å²) in [6.45, 7) is 4.00. The van der Waals surface area contributed by atoms with Crippen LogP contribution in [0.25, 0.3) is 11.5 Å². The molecule has 2 atom stereocenters. The number of halogens is 6. The number of alkyl halides is 6. The quantitative estimate of drug-likeness (QED) is 0.232. The van der Waals surface area contributed by atoms with E-state index in [4.69, 9.17) is 4.52 Å². The van der Waals surface area contributed by atoms with Crippen LogP contribution in [0.2, 0.25) is 0 Å². The molecule has 212 valence electrons. The van der Waals surface area contributed by atoms with E-state index in [0.717, 1.165) is 31.2 Å². The predicted octanol–water partition coefficient (Wildman–Crippen LogP) is 5.27. The average Bonchev–Trinajstić information content (AvgIpc) is 3.52. The van der Waals surface area contributed by atoms with Crippen LogP contribution < -0.4 is 4.90 Å². The fraction of sp³-hybridized carbons (Fsp3) is 0.435. The molecule has 0 saturated carbocycles. The van der Waals surface area contributed by atoms with Crippen LogP contribution >= 0.6 is 23.3 Å². The number of carbonyl (C=O) groups excluding carboxylic acids is 1. The minimum Gasteiger partial charge on any atom is -0.466 e. The second kappa shape index (κ2) is 10.6. The number of methoxy groups -OCH3 is 1. The molecule has 4 rings (SSSR count). The number of rotatable bonds is 6. The number of ether oxygens (including phenoxy) is 1. The fourth-order valence-corrected chi connectivity index (χ4v) is 6.39. The number of esters is 1. The Labute approximate surface area is 226 Å². The fourth-order valence-electron chi connectivity index (χ4n) is 4.06. The van der Waals surface area contributed by atoms with E-state index in [1.807, 2.05) is 4.31 Å². The molecule has 1 fully saturated rings. The van der Waals surface area contributed by atoms with Crippen LogP contribution in [0.3, 0.4) is 0 Å². The Morgan fingerprint density at radius 1 is 1.18 bits per heavy atom. The van der Waals surface area contributed by atoms with Gasteiger partial charge in [0.25, 0.3) is 11.5 Å². The molecule has 1 aliphatic heterocycles. The third-order valence-corrected chi connectivity index (χ3v) is 8.58. The summed E-state index contributed by atoms with van der Waals surface area (Å²) in [5.74, 6) is -1.59. The predicted molar refractivity (Wildman–Crippen MR) is 130 cm³/mol. The molecule has 0 amide bonds. The summed E-state index contributed by atoms with van der Waals surface area (Å²) >= 11 is 1.67. The molecular weight excluding hydrogens is 574 g/mol. The molecule has 16 heteroatoms. The van der Waals surface area contributed by atoms with Crippen molar-refractivity contribution in [2.24, 2.45) is 0 Å². The molecular formula is C23H22F6N4O4S2. The van der Waals surface area contributed by atoms with Crippen molar-refractivity contribution < 1.29 is 45.5 Å². The minimum atomic E-state index is -5.31. The Morgan fingerprint density at radius 3 is 2.46 bits per heavy atom. The number of carbonyl (C=O) groups is 1. The first-order valence-corrected chi connectivity index (χ1v) is 12.9. The van der Waals surface area contributed by atoms with Gasteiger partial charge in [0.05, 0.1) is 21.8 Å². The second-order valence-corrected chi connectivity index (χ2v) is 11.2. The number of aromatic nitrogens is 2. The van der Waals surface area contributed by atoms with Crippen LogP contribution in [0.15, 0.2) is 39.1 Å². The van der Waals surface area contributed by atoms with Crippen molar-refractivity contribution >= 4 is 34.9 Å². The normalized spacial score (nSPS) is 18.7. The highest BCUT2D eigenvalue weighted by molar-refractivity contribution is 7.99. The molecule has 0 bridgehead atoms. The minimum absolute atomic E-state index is 0.0225. The standard InChI is InChI=1S/C23H22F6N4O4S2/c1-12-11-32(16-5-4-14(10-15(16)22(24,25)26)19-30-13(2)31-37-19)8-9-33(12)39-18-7-6-17(38-18)21(35,20(34)36-3)23(27,28)29/h4-7,10,12,35H,8-9,11H2,1-3H3. The maximum Gasteiger partial charge on any atom is 0.433 e. The molecule has 8 nitrogen and oxygen atoms in total. The smallest absolute Gasteiger partial charge is 0.433 e. The maximum absolute atomic E-state index is 14.0. The number of hydrogen-bond acceptors (Lipinski definition) is 10. The van der Waals surface area contributed by atoms with Gasteiger partial charge in [0.2, 0.25) is 0 Å². The summed E-state index contributed by atoms with van der Waals surface area (Å²) in [7, 11) is 0.743. The highest BCUT2D eigenvalue weighted by Gasteiger charge is 2.63. The van der Waals surface area contributed by atoms with Crippen LogP contribution in [-0.2, 0) is 21.3 Å². The zero-order valence-corrected chi connectivity index (χ0v) is 22.3. The molecule has 2 aromatic heterocycles. The molecule has 3 heterocycles. The zero-order valence-electron chi connectivity index (χ0n) is 20.6. The van der Waals surface area contributed by atoms with E-state index in [9.17, 15) is 36.2 Å². The van der Waals surface area contributed by atoms with E-state index >= 15 is 0 Å². The number of piperazine rings is 1. The molecule has 39 heavy (non-hydrogen) atoms. The molecule has 1 saturated heterocycles. The number of anilines is 1. The molecule has 1 N–H and O–H groups in total. The van der Waals surface area contributed by atoms with Crippen molar-refractivity contribution in [1.82, 2.24) is 14.4 Å². The lowest BCUT2D eigenvalue weighted by atomic mass is 10.0. The largest absolute Gasteiger partial charge is 0.466 e. The first-order valence-electron chi connectivity index (χ1n) is 11.3. The number of hydrogen-bond donors (Lipinski definition) is 1. The molecule has 3 aromatic rings. The van der Waals surface area contributed by atoms with Gasteiger partial charge in [-0.3, -0.25) is 0 Å². The first-order chi connectivity index (χ1) is 18.1. The lowest BCUT2D eigenvalue weighted by Gasteiger charge is -2.40. The van der Waals surface area contributed by atoms with E-state index in [1.54, 1.807) is 18.7 Å². The van der Waals surface area contributed by atoms with Crippen molar-refractivity contribution in [3.05, 3.63) is 46.6 Å². The van der Waals surface area contributed by atoms with Gasteiger partial charge in [-0.15, -0.1) is 11.3 Å². The molecule has 0 aliphatic carbocycles. The Balaban J connectivity index is 1.51. The van der Waals surface area contributed by atoms with Gasteiger partial charge in [-0.25, -0.2) is 9.10 Å². The van der Waals surface area contributed by atoms with E-state index in [1.165, 1.54) is 18.2 Å². The van der Waals surface area contributed by atoms with Crippen LogP contribution in [-0.4, -0.2) is 64.5 Å². The zero-order chi connectivity index (χ0) is 28.8. The summed E-state index contributed by atoms with van der Waals surface area (Å²) in [5.41, 5.74) is -4.56. The topological polar surface area (TPSA) is 91.9 Å². The van der Waals surface area contributed by atoms with Crippen LogP contribution in [0.4, 0.5) is 32.0 Å². The van der Waals surface area contributed by atoms with Gasteiger partial charge in [-0.1, -0.05) is 5.16 Å². The molecule has 0 radical (unpaired) electrons. The van der Waals surface area contributed by atoms with Crippen LogP contribution in [0.5, 0.6) is 0 Å². The van der Waals surface area contributed by atoms with Gasteiger partial charge in [-0.05, 0) is 56.1 Å². The van der Waals surface area contributed by atoms with E-state index in [0.29, 0.717) is 15.5 Å². The van der Waals surface area contributed by atoms with Crippen molar-refractivity contribution in [2.45, 2.75) is 42.1 Å². The summed E-state index contributed by atoms with van der Waals surface area (Å²) in [6.07, 6.45) is -9.96. The number of benzene rings is 1. The Hall–Kier alpha value is -2.82. The molecule has 0 spiro atoms. The van der Waals surface area contributed by atoms with Crippen LogP contribution in [0, 0.1) is 6.92 Å². The average molecular weight is 597 g/mol. The number of nitrogens with zero attached hydrogens (tertiary/aromatic N) is 4. The monoisotopic (exact) mass is 596 g/mol. The lowest BCUT2D eigenvalue weighted by molar-refractivity contribution is -0.265. The summed E-state index contributed by atoms with van der Waals surface area (Å²) in [4.78, 5) is 16.7. The third-order valence-electron chi connectivity index (χ3n) is 6.02. The van der Waals surface area contributed by atoms with Crippen LogP contribution in [0.1, 0.15) is 23.2 Å². The van der Waals surface area contributed by atoms with E-state index < -0.39 is 34.4 Å². The van der Waals surface area contributed by atoms with Gasteiger partial charge in [-0.2, -0.15) is 31.3 Å². The molecule has 1 aliphatic rings. The summed E-state index contributed by atoms with van der Waals surface area (Å²) in [6, 6.07) is 5.81. The Bertz CT molecular complexity index is 1340. The van der Waals surface area contributed by atoms with Crippen molar-refractivity contribution in [3.63, 3.8) is 0 Å². The Kier molecular flexibility index (Phi) is 7.95. The summed E-state index contributed by atoms with van der Waals surface area (Å²) in [5, 5.41) is 13.8. The van der Waals surface area contributed by atoms with Crippen molar-refractivity contribution in [1.29, 1.82) is 0 Å². The van der Waals surface area contributed by atoms with Crippen molar-refractivity contribution in [2.75, 3.05) is 31.6 Å². The van der Waals surface area contributed by atoms with Gasteiger partial charge in [0, 0.05) is 36.9 Å². The van der Waals surface area contributed by atoms with Crippen molar-refractivity contribution in [3.8, 4) is 11.5 Å². The third kappa shape index (κ3) is 5.73. The maximum atomic E-state index is 14.0. The highest BCUT2D eigenvalue weighted by Crippen LogP contribution is 2.45. The SMILES string of the molecule is COC(=O)C(O)(c1ccc(SN2CCN(c3ccc(-c4nc(C)no4)cc3C(F)(F)F)CC2C)s1)C(F)(F)F. The van der Waals surface area contributed by atoms with E-state index in [2.05, 4.69) is 14.9 Å². The van der Waals surface area contributed by atoms with Gasteiger partial charge in [0.15, 0.2) is 5.82 Å². The Morgan fingerprint density at radius 2 is 1.90 bits per heavy atom. The van der Waals surface area contributed by atoms with Gasteiger partial charge in [0.1, 0.15) is 0 Å². The number of aryl methyl sites for hydroxylation is 1. The number of aliphatic hydroxyl groups is 1. The molecule has 2 unspecified atom stereocenters. The second-order valence-electron chi connectivity index (χ2n) is 8.72. The first kappa shape index (κ1) is 29.2.